The molecule has 1 rings (SSSR count). The lowest BCUT2D eigenvalue weighted by molar-refractivity contribution is 0.234. The largest absolute Gasteiger partial charge is 0.394 e. The molecular formula is C10H16ClN3O. The predicted octanol–water partition coefficient (Wildman–Crippen LogP) is 1.88. The number of nitrogens with one attached hydrogen (secondary N) is 1. The molecule has 1 heterocycles. The van der Waals surface area contributed by atoms with E-state index in [2.05, 4.69) is 15.3 Å². The Morgan fingerprint density at radius 2 is 2.13 bits per heavy atom. The molecule has 0 amide bonds. The van der Waals surface area contributed by atoms with E-state index in [-0.39, 0.29) is 11.9 Å². The van der Waals surface area contributed by atoms with Gasteiger partial charge in [0, 0.05) is 11.8 Å². The van der Waals surface area contributed by atoms with E-state index in [1.165, 1.54) is 0 Å². The number of aliphatic hydroxyl groups excluding tert-OH is 1. The Labute approximate surface area is 94.7 Å². The number of aryl methyl sites for hydroxylation is 1. The maximum absolute atomic E-state index is 9.11. The monoisotopic (exact) mass is 229 g/mol. The van der Waals surface area contributed by atoms with Crippen LogP contribution < -0.4 is 5.32 Å². The Balaban J connectivity index is 2.90. The second-order valence-corrected chi connectivity index (χ2v) is 4.37. The van der Waals surface area contributed by atoms with Crippen LogP contribution >= 0.6 is 11.6 Å². The van der Waals surface area contributed by atoms with Crippen molar-refractivity contribution in [2.24, 2.45) is 0 Å². The first-order chi connectivity index (χ1) is 6.96. The maximum atomic E-state index is 9.11. The molecule has 15 heavy (non-hydrogen) atoms. The third kappa shape index (κ3) is 3.64. The number of anilines is 1. The summed E-state index contributed by atoms with van der Waals surface area (Å²) >= 11 is 5.78. The highest BCUT2D eigenvalue weighted by molar-refractivity contribution is 6.28. The molecule has 5 heteroatoms. The van der Waals surface area contributed by atoms with Gasteiger partial charge < -0.3 is 10.4 Å². The molecule has 1 aromatic rings. The second kappa shape index (κ2) is 4.77. The van der Waals surface area contributed by atoms with Gasteiger partial charge in [-0.1, -0.05) is 6.92 Å². The van der Waals surface area contributed by atoms with Gasteiger partial charge in [-0.15, -0.1) is 0 Å². The lowest BCUT2D eigenvalue weighted by atomic mass is 10.1. The number of hydrogen-bond acceptors (Lipinski definition) is 4. The van der Waals surface area contributed by atoms with Crippen LogP contribution in [0.1, 0.15) is 26.5 Å². The summed E-state index contributed by atoms with van der Waals surface area (Å²) in [4.78, 5) is 8.11. The van der Waals surface area contributed by atoms with E-state index in [0.717, 1.165) is 12.1 Å². The quantitative estimate of drug-likeness (QED) is 0.774. The van der Waals surface area contributed by atoms with Crippen molar-refractivity contribution in [3.63, 3.8) is 0 Å². The minimum atomic E-state index is -0.414. The molecule has 0 fully saturated rings. The van der Waals surface area contributed by atoms with E-state index in [4.69, 9.17) is 16.7 Å². The van der Waals surface area contributed by atoms with Gasteiger partial charge in [0.1, 0.15) is 5.82 Å². The van der Waals surface area contributed by atoms with Crippen molar-refractivity contribution in [2.45, 2.75) is 32.7 Å². The molecule has 0 saturated heterocycles. The van der Waals surface area contributed by atoms with E-state index >= 15 is 0 Å². The highest BCUT2D eigenvalue weighted by Gasteiger charge is 2.16. The van der Waals surface area contributed by atoms with Crippen LogP contribution in [0.4, 0.5) is 5.82 Å². The van der Waals surface area contributed by atoms with Crippen molar-refractivity contribution in [3.8, 4) is 0 Å². The van der Waals surface area contributed by atoms with Gasteiger partial charge in [-0.3, -0.25) is 0 Å². The highest BCUT2D eigenvalue weighted by Crippen LogP contribution is 2.15. The van der Waals surface area contributed by atoms with Crippen LogP contribution in [0.2, 0.25) is 5.28 Å². The maximum Gasteiger partial charge on any atom is 0.224 e. The Bertz CT molecular complexity index is 341. The summed E-state index contributed by atoms with van der Waals surface area (Å²) in [6.45, 7) is 5.79. The van der Waals surface area contributed by atoms with Gasteiger partial charge in [0.15, 0.2) is 0 Å². The third-order valence-electron chi connectivity index (χ3n) is 1.98. The first-order valence-electron chi connectivity index (χ1n) is 4.89. The molecule has 0 spiro atoms. The molecule has 4 nitrogen and oxygen atoms in total. The third-order valence-corrected chi connectivity index (χ3v) is 2.14. The van der Waals surface area contributed by atoms with Crippen LogP contribution in [0, 0.1) is 0 Å². The van der Waals surface area contributed by atoms with Crippen LogP contribution in [0.3, 0.4) is 0 Å². The predicted molar refractivity (Wildman–Crippen MR) is 61.2 cm³/mol. The molecule has 0 unspecified atom stereocenters. The smallest absolute Gasteiger partial charge is 0.224 e. The summed E-state index contributed by atoms with van der Waals surface area (Å²) in [6, 6.07) is 1.84. The molecule has 0 atom stereocenters. The highest BCUT2D eigenvalue weighted by atomic mass is 35.5. The van der Waals surface area contributed by atoms with Crippen LogP contribution in [-0.2, 0) is 6.42 Å². The molecule has 84 valence electrons. The van der Waals surface area contributed by atoms with E-state index < -0.39 is 5.54 Å². The average molecular weight is 230 g/mol. The van der Waals surface area contributed by atoms with Gasteiger partial charge in [-0.2, -0.15) is 0 Å². The van der Waals surface area contributed by atoms with Crippen molar-refractivity contribution >= 4 is 17.4 Å². The Kier molecular flexibility index (Phi) is 3.88. The molecule has 0 saturated carbocycles. The van der Waals surface area contributed by atoms with Crippen molar-refractivity contribution < 1.29 is 5.11 Å². The lowest BCUT2D eigenvalue weighted by Crippen LogP contribution is -2.35. The molecule has 0 aromatic carbocycles. The Hall–Kier alpha value is -0.870. The first kappa shape index (κ1) is 12.2. The summed E-state index contributed by atoms with van der Waals surface area (Å²) in [5.74, 6) is 0.644. The minimum absolute atomic E-state index is 0.0239. The van der Waals surface area contributed by atoms with Gasteiger partial charge in [0.05, 0.1) is 12.1 Å². The van der Waals surface area contributed by atoms with Crippen LogP contribution in [-0.4, -0.2) is 27.2 Å². The Morgan fingerprint density at radius 3 is 2.67 bits per heavy atom. The number of halogens is 1. The summed E-state index contributed by atoms with van der Waals surface area (Å²) in [6.07, 6.45) is 0.802. The molecule has 0 aliphatic heterocycles. The second-order valence-electron chi connectivity index (χ2n) is 4.03. The van der Waals surface area contributed by atoms with E-state index in [9.17, 15) is 0 Å². The summed E-state index contributed by atoms with van der Waals surface area (Å²) in [5, 5.41) is 12.4. The lowest BCUT2D eigenvalue weighted by Gasteiger charge is -2.24. The fraction of sp³-hybridized carbons (Fsp3) is 0.600. The number of rotatable bonds is 4. The zero-order valence-corrected chi connectivity index (χ0v) is 9.97. The minimum Gasteiger partial charge on any atom is -0.394 e. The first-order valence-corrected chi connectivity index (χ1v) is 5.27. The number of hydrogen-bond donors (Lipinski definition) is 2. The Morgan fingerprint density at radius 1 is 1.47 bits per heavy atom. The molecule has 0 bridgehead atoms. The summed E-state index contributed by atoms with van der Waals surface area (Å²) in [7, 11) is 0. The van der Waals surface area contributed by atoms with Crippen LogP contribution in [0.5, 0.6) is 0 Å². The number of aliphatic hydroxyl groups is 1. The van der Waals surface area contributed by atoms with E-state index in [0.29, 0.717) is 5.82 Å². The van der Waals surface area contributed by atoms with Crippen LogP contribution in [0.25, 0.3) is 0 Å². The van der Waals surface area contributed by atoms with Gasteiger partial charge in [0.2, 0.25) is 5.28 Å². The van der Waals surface area contributed by atoms with Gasteiger partial charge in [-0.25, -0.2) is 9.97 Å². The van der Waals surface area contributed by atoms with Crippen LogP contribution in [0.15, 0.2) is 6.07 Å². The van der Waals surface area contributed by atoms with E-state index in [1.807, 2.05) is 26.8 Å². The average Bonchev–Trinajstić information content (AvgIpc) is 2.16. The molecule has 0 aliphatic carbocycles. The topological polar surface area (TPSA) is 58.0 Å². The fourth-order valence-corrected chi connectivity index (χ4v) is 1.30. The molecule has 1 aromatic heterocycles. The number of nitrogens with zero attached hydrogens (tertiary/aromatic N) is 2. The fourth-order valence-electron chi connectivity index (χ4n) is 1.10. The zero-order chi connectivity index (χ0) is 11.5. The summed E-state index contributed by atoms with van der Waals surface area (Å²) < 4.78 is 0. The zero-order valence-electron chi connectivity index (χ0n) is 9.21. The SMILES string of the molecule is CCc1cc(NC(C)(C)CO)nc(Cl)n1. The standard InChI is InChI=1S/C10H16ClN3O/c1-4-7-5-8(13-9(11)12-7)14-10(2,3)6-15/h5,15H,4,6H2,1-3H3,(H,12,13,14). The molecular weight excluding hydrogens is 214 g/mol. The van der Waals surface area contributed by atoms with E-state index in [1.54, 1.807) is 0 Å². The van der Waals surface area contributed by atoms with Gasteiger partial charge >= 0.3 is 0 Å². The molecule has 2 N–H and O–H groups in total. The van der Waals surface area contributed by atoms with Crippen molar-refractivity contribution in [3.05, 3.63) is 17.0 Å². The summed E-state index contributed by atoms with van der Waals surface area (Å²) in [5.41, 5.74) is 0.467. The van der Waals surface area contributed by atoms with Crippen molar-refractivity contribution in [1.82, 2.24) is 9.97 Å². The molecule has 0 radical (unpaired) electrons. The van der Waals surface area contributed by atoms with Crippen molar-refractivity contribution in [1.29, 1.82) is 0 Å². The normalized spacial score (nSPS) is 11.5. The van der Waals surface area contributed by atoms with Crippen molar-refractivity contribution in [2.75, 3.05) is 11.9 Å². The number of aromatic nitrogens is 2. The molecule has 0 aliphatic rings. The van der Waals surface area contributed by atoms with Gasteiger partial charge in [0.25, 0.3) is 0 Å². The van der Waals surface area contributed by atoms with Gasteiger partial charge in [-0.05, 0) is 31.9 Å².